The quantitative estimate of drug-likeness (QED) is 0.444. The molecule has 4 atom stereocenters. The standard InChI is InChI=1S/C31H43N3O5/c1-21-17-22(2)20-33(19-21)16-6-15-32-31(36)26-12-14-29(35)34(24-8-10-25(37-3)11-9-24)30(26)23-7-13-27(38-4)28(18-23)39-5/h7-11,13,18,21-22,26,30H,6,12,14-17,19-20H2,1-5H3,(H,32,36)/t21-,22-,26+,30+/m1/s1. The highest BCUT2D eigenvalue weighted by Gasteiger charge is 2.41. The van der Waals surface area contributed by atoms with Crippen LogP contribution in [0.1, 0.15) is 51.1 Å². The minimum atomic E-state index is -0.483. The largest absolute Gasteiger partial charge is 0.497 e. The van der Waals surface area contributed by atoms with Gasteiger partial charge in [0, 0.05) is 31.7 Å². The molecule has 0 aliphatic carbocycles. The molecule has 0 bridgehead atoms. The Morgan fingerprint density at radius 2 is 1.64 bits per heavy atom. The molecule has 2 aromatic rings. The van der Waals surface area contributed by atoms with Crippen molar-refractivity contribution >= 4 is 17.5 Å². The van der Waals surface area contributed by atoms with Crippen LogP contribution in [0.25, 0.3) is 0 Å². The van der Waals surface area contributed by atoms with Gasteiger partial charge in [-0.3, -0.25) is 9.59 Å². The van der Waals surface area contributed by atoms with E-state index in [0.717, 1.165) is 37.3 Å². The first-order valence-electron chi connectivity index (χ1n) is 14.0. The Morgan fingerprint density at radius 1 is 0.949 bits per heavy atom. The third kappa shape index (κ3) is 6.85. The highest BCUT2D eigenvalue weighted by Crippen LogP contribution is 2.42. The van der Waals surface area contributed by atoms with E-state index in [1.54, 1.807) is 26.2 Å². The van der Waals surface area contributed by atoms with Gasteiger partial charge in [-0.1, -0.05) is 19.9 Å². The van der Waals surface area contributed by atoms with Crippen molar-refractivity contribution in [3.63, 3.8) is 0 Å². The van der Waals surface area contributed by atoms with Crippen LogP contribution in [0.2, 0.25) is 0 Å². The van der Waals surface area contributed by atoms with Crippen molar-refractivity contribution < 1.29 is 23.8 Å². The van der Waals surface area contributed by atoms with Crippen molar-refractivity contribution in [2.45, 2.75) is 45.6 Å². The fourth-order valence-electron chi connectivity index (χ4n) is 6.25. The topological polar surface area (TPSA) is 80.3 Å². The molecule has 0 spiro atoms. The Morgan fingerprint density at radius 3 is 2.28 bits per heavy atom. The molecule has 8 nitrogen and oxygen atoms in total. The molecule has 2 aromatic carbocycles. The Bertz CT molecular complexity index is 1110. The zero-order valence-electron chi connectivity index (χ0n) is 23.9. The molecule has 2 fully saturated rings. The van der Waals surface area contributed by atoms with Gasteiger partial charge >= 0.3 is 0 Å². The Hall–Kier alpha value is -3.26. The lowest BCUT2D eigenvalue weighted by molar-refractivity contribution is -0.129. The number of hydrogen-bond acceptors (Lipinski definition) is 6. The number of piperidine rings is 2. The number of amides is 2. The Kier molecular flexibility index (Phi) is 9.73. The zero-order valence-corrected chi connectivity index (χ0v) is 23.9. The molecule has 8 heteroatoms. The fraction of sp³-hybridized carbons (Fsp3) is 0.548. The lowest BCUT2D eigenvalue weighted by atomic mass is 9.83. The highest BCUT2D eigenvalue weighted by atomic mass is 16.5. The number of ether oxygens (including phenoxy) is 3. The molecule has 212 valence electrons. The van der Waals surface area contributed by atoms with Crippen LogP contribution in [-0.4, -0.2) is 64.2 Å². The SMILES string of the molecule is COc1ccc(N2C(=O)CC[C@H](C(=O)NCCCN3C[C@H](C)C[C@@H](C)C3)[C@@H]2c2ccc(OC)c(OC)c2)cc1. The maximum atomic E-state index is 13.7. The molecule has 1 N–H and O–H groups in total. The summed E-state index contributed by atoms with van der Waals surface area (Å²) in [7, 11) is 4.79. The molecule has 0 radical (unpaired) electrons. The van der Waals surface area contributed by atoms with Crippen LogP contribution in [0, 0.1) is 17.8 Å². The van der Waals surface area contributed by atoms with Crippen molar-refractivity contribution in [2.24, 2.45) is 17.8 Å². The third-order valence-corrected chi connectivity index (χ3v) is 7.93. The number of nitrogens with one attached hydrogen (secondary N) is 1. The third-order valence-electron chi connectivity index (χ3n) is 7.93. The molecule has 2 aliphatic heterocycles. The molecule has 2 aliphatic rings. The molecule has 0 aromatic heterocycles. The van der Waals surface area contributed by atoms with Crippen molar-refractivity contribution in [3.05, 3.63) is 48.0 Å². The number of likely N-dealkylation sites (tertiary alicyclic amines) is 1. The summed E-state index contributed by atoms with van der Waals surface area (Å²) < 4.78 is 16.3. The van der Waals surface area contributed by atoms with E-state index in [1.807, 2.05) is 42.5 Å². The van der Waals surface area contributed by atoms with Crippen molar-refractivity contribution in [1.29, 1.82) is 0 Å². The van der Waals surface area contributed by atoms with Gasteiger partial charge in [0.1, 0.15) is 5.75 Å². The molecular weight excluding hydrogens is 494 g/mol. The van der Waals surface area contributed by atoms with E-state index >= 15 is 0 Å². The molecular formula is C31H43N3O5. The van der Waals surface area contributed by atoms with Gasteiger partial charge in [0.05, 0.1) is 33.3 Å². The summed E-state index contributed by atoms with van der Waals surface area (Å²) in [5.41, 5.74) is 1.55. The van der Waals surface area contributed by atoms with E-state index < -0.39 is 12.0 Å². The molecule has 2 heterocycles. The minimum Gasteiger partial charge on any atom is -0.497 e. The van der Waals surface area contributed by atoms with Crippen LogP contribution in [0.3, 0.4) is 0 Å². The van der Waals surface area contributed by atoms with Crippen molar-refractivity contribution in [2.75, 3.05) is 52.4 Å². The first kappa shape index (κ1) is 28.7. The number of methoxy groups -OCH3 is 3. The number of rotatable bonds is 10. The molecule has 2 amide bonds. The maximum absolute atomic E-state index is 13.7. The van der Waals surface area contributed by atoms with Crippen LogP contribution < -0.4 is 24.4 Å². The van der Waals surface area contributed by atoms with Gasteiger partial charge in [-0.2, -0.15) is 0 Å². The second-order valence-electron chi connectivity index (χ2n) is 11.0. The average Bonchev–Trinajstić information content (AvgIpc) is 2.94. The minimum absolute atomic E-state index is 0.0164. The van der Waals surface area contributed by atoms with E-state index in [4.69, 9.17) is 14.2 Å². The smallest absolute Gasteiger partial charge is 0.227 e. The lowest BCUT2D eigenvalue weighted by Gasteiger charge is -2.41. The summed E-state index contributed by atoms with van der Waals surface area (Å²) in [5.74, 6) is 2.85. The number of anilines is 1. The van der Waals surface area contributed by atoms with Crippen molar-refractivity contribution in [3.8, 4) is 17.2 Å². The molecule has 0 saturated carbocycles. The van der Waals surface area contributed by atoms with Gasteiger partial charge in [0.15, 0.2) is 11.5 Å². The zero-order chi connectivity index (χ0) is 27.9. The number of carbonyl (C=O) groups excluding carboxylic acids is 2. The lowest BCUT2D eigenvalue weighted by Crippen LogP contribution is -2.48. The van der Waals surface area contributed by atoms with Gasteiger partial charge in [0.2, 0.25) is 11.8 Å². The summed E-state index contributed by atoms with van der Waals surface area (Å²) in [5, 5.41) is 3.19. The number of nitrogens with zero attached hydrogens (tertiary/aromatic N) is 2. The summed E-state index contributed by atoms with van der Waals surface area (Å²) in [6.45, 7) is 8.48. The maximum Gasteiger partial charge on any atom is 0.227 e. The first-order valence-corrected chi connectivity index (χ1v) is 14.0. The number of carbonyl (C=O) groups is 2. The number of hydrogen-bond donors (Lipinski definition) is 1. The summed E-state index contributed by atoms with van der Waals surface area (Å²) >= 11 is 0. The second-order valence-corrected chi connectivity index (χ2v) is 11.0. The van der Waals surface area contributed by atoms with Gasteiger partial charge in [0.25, 0.3) is 0 Å². The molecule has 4 rings (SSSR count). The Labute approximate surface area is 232 Å². The molecule has 39 heavy (non-hydrogen) atoms. The average molecular weight is 538 g/mol. The van der Waals surface area contributed by atoms with Crippen LogP contribution in [0.15, 0.2) is 42.5 Å². The van der Waals surface area contributed by atoms with Crippen LogP contribution >= 0.6 is 0 Å². The summed E-state index contributed by atoms with van der Waals surface area (Å²) in [4.78, 5) is 31.3. The summed E-state index contributed by atoms with van der Waals surface area (Å²) in [6.07, 6.45) is 2.98. The van der Waals surface area contributed by atoms with E-state index in [9.17, 15) is 9.59 Å². The first-order chi connectivity index (χ1) is 18.8. The normalized spacial score (nSPS) is 23.8. The number of benzene rings is 2. The van der Waals surface area contributed by atoms with Gasteiger partial charge in [-0.15, -0.1) is 0 Å². The van der Waals surface area contributed by atoms with Crippen LogP contribution in [0.4, 0.5) is 5.69 Å². The molecule has 2 saturated heterocycles. The second kappa shape index (κ2) is 13.2. The highest BCUT2D eigenvalue weighted by molar-refractivity contribution is 5.97. The monoisotopic (exact) mass is 537 g/mol. The predicted molar refractivity (Wildman–Crippen MR) is 153 cm³/mol. The fourth-order valence-corrected chi connectivity index (χ4v) is 6.25. The van der Waals surface area contributed by atoms with Gasteiger partial charge < -0.3 is 29.3 Å². The summed E-state index contributed by atoms with van der Waals surface area (Å²) in [6, 6.07) is 12.5. The predicted octanol–water partition coefficient (Wildman–Crippen LogP) is 4.68. The van der Waals surface area contributed by atoms with Crippen molar-refractivity contribution in [1.82, 2.24) is 10.2 Å². The molecule has 0 unspecified atom stereocenters. The van der Waals surface area contributed by atoms with Crippen LogP contribution in [-0.2, 0) is 9.59 Å². The van der Waals surface area contributed by atoms with E-state index in [2.05, 4.69) is 24.1 Å². The van der Waals surface area contributed by atoms with E-state index in [-0.39, 0.29) is 11.8 Å². The Balaban J connectivity index is 1.55. The van der Waals surface area contributed by atoms with Gasteiger partial charge in [-0.25, -0.2) is 0 Å². The van der Waals surface area contributed by atoms with E-state index in [0.29, 0.717) is 48.5 Å². The van der Waals surface area contributed by atoms with Crippen LogP contribution in [0.5, 0.6) is 17.2 Å². The van der Waals surface area contributed by atoms with E-state index in [1.165, 1.54) is 6.42 Å². The van der Waals surface area contributed by atoms with Gasteiger partial charge in [-0.05, 0) is 79.6 Å².